The molecule has 3 heteroatoms. The maximum atomic E-state index is 5.75. The van der Waals surface area contributed by atoms with Gasteiger partial charge in [-0.25, -0.2) is 0 Å². The lowest BCUT2D eigenvalue weighted by atomic mass is 9.98. The highest BCUT2D eigenvalue weighted by Gasteiger charge is 2.28. The van der Waals surface area contributed by atoms with Crippen LogP contribution >= 0.6 is 0 Å². The first-order valence-corrected chi connectivity index (χ1v) is 6.68. The highest BCUT2D eigenvalue weighted by atomic mass is 16.5. The molecule has 16 heavy (non-hydrogen) atoms. The van der Waals surface area contributed by atoms with Crippen LogP contribution in [0.4, 0.5) is 0 Å². The summed E-state index contributed by atoms with van der Waals surface area (Å²) in [6, 6.07) is 1.07. The molecule has 2 rings (SSSR count). The summed E-state index contributed by atoms with van der Waals surface area (Å²) in [5.41, 5.74) is 0. The Morgan fingerprint density at radius 2 is 1.88 bits per heavy atom. The van der Waals surface area contributed by atoms with Crippen molar-refractivity contribution in [3.8, 4) is 0 Å². The van der Waals surface area contributed by atoms with E-state index in [1.807, 2.05) is 0 Å². The summed E-state index contributed by atoms with van der Waals surface area (Å²) in [5, 5.41) is 3.72. The number of hydrogen-bond donors (Lipinski definition) is 1. The van der Waals surface area contributed by atoms with Crippen molar-refractivity contribution in [2.24, 2.45) is 0 Å². The van der Waals surface area contributed by atoms with Gasteiger partial charge >= 0.3 is 0 Å². The van der Waals surface area contributed by atoms with Gasteiger partial charge in [0.05, 0.1) is 18.3 Å². The molecule has 0 bridgehead atoms. The molecule has 0 amide bonds. The van der Waals surface area contributed by atoms with E-state index in [0.29, 0.717) is 30.4 Å². The normalized spacial score (nSPS) is 42.2. The Morgan fingerprint density at radius 1 is 1.19 bits per heavy atom. The van der Waals surface area contributed by atoms with Crippen LogP contribution in [0.2, 0.25) is 0 Å². The van der Waals surface area contributed by atoms with Crippen LogP contribution in [-0.2, 0) is 9.47 Å². The van der Waals surface area contributed by atoms with Crippen LogP contribution in [-0.4, -0.2) is 37.0 Å². The van der Waals surface area contributed by atoms with E-state index in [1.165, 1.54) is 12.8 Å². The second-order valence-corrected chi connectivity index (χ2v) is 5.43. The average Bonchev–Trinajstić information content (AvgIpc) is 2.68. The molecular weight excluding hydrogens is 202 g/mol. The first-order valence-electron chi connectivity index (χ1n) is 6.68. The summed E-state index contributed by atoms with van der Waals surface area (Å²) >= 11 is 0. The molecule has 3 nitrogen and oxygen atoms in total. The number of rotatable bonds is 3. The Labute approximate surface area is 98.9 Å². The van der Waals surface area contributed by atoms with E-state index in [1.54, 1.807) is 0 Å². The van der Waals surface area contributed by atoms with Gasteiger partial charge in [0, 0.05) is 18.7 Å². The van der Waals surface area contributed by atoms with E-state index in [-0.39, 0.29) is 0 Å². The Hall–Kier alpha value is -0.120. The van der Waals surface area contributed by atoms with Crippen LogP contribution < -0.4 is 5.32 Å². The fourth-order valence-corrected chi connectivity index (χ4v) is 3.02. The van der Waals surface area contributed by atoms with Gasteiger partial charge in [0.25, 0.3) is 0 Å². The number of ether oxygens (including phenoxy) is 2. The van der Waals surface area contributed by atoms with E-state index < -0.39 is 0 Å². The van der Waals surface area contributed by atoms with Gasteiger partial charge in [-0.2, -0.15) is 0 Å². The summed E-state index contributed by atoms with van der Waals surface area (Å²) < 4.78 is 11.5. The molecule has 0 radical (unpaired) electrons. The molecule has 2 heterocycles. The lowest BCUT2D eigenvalue weighted by molar-refractivity contribution is -0.0463. The van der Waals surface area contributed by atoms with E-state index in [4.69, 9.17) is 9.47 Å². The van der Waals surface area contributed by atoms with Gasteiger partial charge < -0.3 is 14.8 Å². The number of nitrogens with one attached hydrogen (secondary N) is 1. The molecule has 1 N–H and O–H groups in total. The van der Waals surface area contributed by atoms with Gasteiger partial charge in [0.15, 0.2) is 0 Å². The largest absolute Gasteiger partial charge is 0.377 e. The first-order chi connectivity index (χ1) is 7.65. The van der Waals surface area contributed by atoms with Crippen molar-refractivity contribution in [1.82, 2.24) is 5.32 Å². The van der Waals surface area contributed by atoms with Crippen molar-refractivity contribution < 1.29 is 9.47 Å². The molecule has 0 aromatic rings. The lowest BCUT2D eigenvalue weighted by Gasteiger charge is -2.35. The zero-order valence-electron chi connectivity index (χ0n) is 10.7. The van der Waals surface area contributed by atoms with Gasteiger partial charge in [-0.15, -0.1) is 0 Å². The van der Waals surface area contributed by atoms with Crippen LogP contribution in [0, 0.1) is 0 Å². The van der Waals surface area contributed by atoms with Crippen LogP contribution in [0.3, 0.4) is 0 Å². The molecule has 0 saturated carbocycles. The third-order valence-corrected chi connectivity index (χ3v) is 3.72. The standard InChI is InChI=1S/C13H25NO2/c1-9-7-12(8-10(2)16-9)14-11(3)13-5-4-6-15-13/h9-14H,4-8H2,1-3H3. The summed E-state index contributed by atoms with van der Waals surface area (Å²) in [5.74, 6) is 0. The fraction of sp³-hybridized carbons (Fsp3) is 1.00. The Bertz CT molecular complexity index is 206. The van der Waals surface area contributed by atoms with Gasteiger partial charge in [-0.05, 0) is 46.5 Å². The molecule has 2 aliphatic rings. The second-order valence-electron chi connectivity index (χ2n) is 5.43. The smallest absolute Gasteiger partial charge is 0.0726 e. The molecule has 94 valence electrons. The van der Waals surface area contributed by atoms with E-state index in [0.717, 1.165) is 19.4 Å². The van der Waals surface area contributed by atoms with E-state index >= 15 is 0 Å². The third-order valence-electron chi connectivity index (χ3n) is 3.72. The predicted octanol–water partition coefficient (Wildman–Crippen LogP) is 2.10. The van der Waals surface area contributed by atoms with E-state index in [2.05, 4.69) is 26.1 Å². The molecule has 0 aromatic heterocycles. The zero-order valence-corrected chi connectivity index (χ0v) is 10.7. The zero-order chi connectivity index (χ0) is 11.5. The fourth-order valence-electron chi connectivity index (χ4n) is 3.02. The summed E-state index contributed by atoms with van der Waals surface area (Å²) in [6.07, 6.45) is 5.88. The highest BCUT2D eigenvalue weighted by molar-refractivity contribution is 4.84. The van der Waals surface area contributed by atoms with Crippen LogP contribution in [0.25, 0.3) is 0 Å². The third kappa shape index (κ3) is 3.19. The Morgan fingerprint density at radius 3 is 2.44 bits per heavy atom. The van der Waals surface area contributed by atoms with Crippen molar-refractivity contribution in [2.75, 3.05) is 6.61 Å². The van der Waals surface area contributed by atoms with Crippen molar-refractivity contribution in [3.05, 3.63) is 0 Å². The molecular formula is C13H25NO2. The topological polar surface area (TPSA) is 30.5 Å². The van der Waals surface area contributed by atoms with Crippen molar-refractivity contribution in [2.45, 2.75) is 76.9 Å². The van der Waals surface area contributed by atoms with Crippen LogP contribution in [0.15, 0.2) is 0 Å². The molecule has 4 unspecified atom stereocenters. The molecule has 0 aromatic carbocycles. The summed E-state index contributed by atoms with van der Waals surface area (Å²) in [6.45, 7) is 7.53. The Kier molecular flexibility index (Phi) is 4.22. The van der Waals surface area contributed by atoms with E-state index in [9.17, 15) is 0 Å². The van der Waals surface area contributed by atoms with Crippen LogP contribution in [0.1, 0.15) is 46.5 Å². The maximum Gasteiger partial charge on any atom is 0.0726 e. The summed E-state index contributed by atoms with van der Waals surface area (Å²) in [7, 11) is 0. The quantitative estimate of drug-likeness (QED) is 0.801. The van der Waals surface area contributed by atoms with Crippen LogP contribution in [0.5, 0.6) is 0 Å². The minimum absolute atomic E-state index is 0.387. The monoisotopic (exact) mass is 227 g/mol. The molecule has 0 spiro atoms. The van der Waals surface area contributed by atoms with Gasteiger partial charge in [-0.3, -0.25) is 0 Å². The molecule has 2 fully saturated rings. The van der Waals surface area contributed by atoms with Crippen molar-refractivity contribution >= 4 is 0 Å². The minimum Gasteiger partial charge on any atom is -0.377 e. The number of hydrogen-bond acceptors (Lipinski definition) is 3. The lowest BCUT2D eigenvalue weighted by Crippen LogP contribution is -2.48. The highest BCUT2D eigenvalue weighted by Crippen LogP contribution is 2.21. The van der Waals surface area contributed by atoms with Crippen molar-refractivity contribution in [3.63, 3.8) is 0 Å². The molecule has 0 aliphatic carbocycles. The second kappa shape index (κ2) is 5.48. The first kappa shape index (κ1) is 12.3. The van der Waals surface area contributed by atoms with Gasteiger partial charge in [-0.1, -0.05) is 0 Å². The maximum absolute atomic E-state index is 5.75. The molecule has 4 atom stereocenters. The SMILES string of the molecule is CC1CC(NC(C)C2CCCO2)CC(C)O1. The summed E-state index contributed by atoms with van der Waals surface area (Å²) in [4.78, 5) is 0. The minimum atomic E-state index is 0.387. The van der Waals surface area contributed by atoms with Gasteiger partial charge in [0.2, 0.25) is 0 Å². The van der Waals surface area contributed by atoms with Gasteiger partial charge in [0.1, 0.15) is 0 Å². The average molecular weight is 227 g/mol. The molecule has 2 aliphatic heterocycles. The molecule has 2 saturated heterocycles. The predicted molar refractivity (Wildman–Crippen MR) is 64.6 cm³/mol. The van der Waals surface area contributed by atoms with Crippen molar-refractivity contribution in [1.29, 1.82) is 0 Å². The Balaban J connectivity index is 1.79.